The lowest BCUT2D eigenvalue weighted by molar-refractivity contribution is -0.143. The summed E-state index contributed by atoms with van der Waals surface area (Å²) in [4.78, 5) is 48.4. The zero-order valence-electron chi connectivity index (χ0n) is 20.3. The highest BCUT2D eigenvalue weighted by Crippen LogP contribution is 2.42. The van der Waals surface area contributed by atoms with Gasteiger partial charge in [-0.2, -0.15) is 0 Å². The molecule has 1 aromatic heterocycles. The molecule has 3 aliphatic rings. The molecule has 7 nitrogen and oxygen atoms in total. The van der Waals surface area contributed by atoms with Crippen LogP contribution in [0.2, 0.25) is 0 Å². The van der Waals surface area contributed by atoms with Crippen LogP contribution in [0.3, 0.4) is 0 Å². The van der Waals surface area contributed by atoms with Gasteiger partial charge >= 0.3 is 0 Å². The molecule has 35 heavy (non-hydrogen) atoms. The molecule has 2 saturated heterocycles. The van der Waals surface area contributed by atoms with Gasteiger partial charge in [-0.1, -0.05) is 24.3 Å². The first kappa shape index (κ1) is 23.7. The molecule has 0 N–H and O–H groups in total. The standard InChI is InChI=1S/C28H33N3O4/c1-20-5-2-3-7-24(20)28(16-26(33)31(27(28)34)18-22-10-12-29-13-11-22)15-25(32)30(17-21-8-9-21)19-23-6-4-14-35-23/h2-3,5,7,10-13,21,23H,4,6,8-9,14-19H2,1H3/t23-,28+/m0/s1. The number of carbonyl (C=O) groups is 3. The summed E-state index contributed by atoms with van der Waals surface area (Å²) in [5.41, 5.74) is 1.33. The zero-order valence-corrected chi connectivity index (χ0v) is 20.3. The first-order chi connectivity index (χ1) is 17.0. The van der Waals surface area contributed by atoms with E-state index in [1.165, 1.54) is 4.90 Å². The molecule has 184 valence electrons. The number of ether oxygens (including phenoxy) is 1. The van der Waals surface area contributed by atoms with E-state index in [0.717, 1.165) is 49.0 Å². The van der Waals surface area contributed by atoms with E-state index < -0.39 is 5.41 Å². The molecule has 3 heterocycles. The minimum Gasteiger partial charge on any atom is -0.376 e. The molecule has 1 aromatic carbocycles. The number of aryl methyl sites for hydroxylation is 1. The minimum absolute atomic E-state index is 0.00467. The van der Waals surface area contributed by atoms with E-state index in [9.17, 15) is 14.4 Å². The summed E-state index contributed by atoms with van der Waals surface area (Å²) < 4.78 is 5.83. The van der Waals surface area contributed by atoms with Crippen LogP contribution in [0.25, 0.3) is 0 Å². The van der Waals surface area contributed by atoms with Crippen LogP contribution in [0.4, 0.5) is 0 Å². The molecule has 7 heteroatoms. The van der Waals surface area contributed by atoms with E-state index >= 15 is 0 Å². The Labute approximate surface area is 206 Å². The van der Waals surface area contributed by atoms with Crippen molar-refractivity contribution in [2.24, 2.45) is 5.92 Å². The number of imide groups is 1. The zero-order chi connectivity index (χ0) is 24.4. The first-order valence-corrected chi connectivity index (χ1v) is 12.7. The molecular formula is C28H33N3O4. The molecule has 0 bridgehead atoms. The quantitative estimate of drug-likeness (QED) is 0.520. The third-order valence-electron chi connectivity index (χ3n) is 7.59. The van der Waals surface area contributed by atoms with E-state index in [0.29, 0.717) is 19.0 Å². The lowest BCUT2D eigenvalue weighted by Crippen LogP contribution is -2.46. The Hall–Kier alpha value is -3.06. The lowest BCUT2D eigenvalue weighted by atomic mass is 9.74. The minimum atomic E-state index is -1.19. The van der Waals surface area contributed by atoms with Crippen LogP contribution in [-0.4, -0.2) is 58.3 Å². The van der Waals surface area contributed by atoms with Crippen LogP contribution in [0.15, 0.2) is 48.8 Å². The summed E-state index contributed by atoms with van der Waals surface area (Å²) >= 11 is 0. The van der Waals surface area contributed by atoms with Gasteiger partial charge in [0.2, 0.25) is 17.7 Å². The molecule has 0 spiro atoms. The maximum absolute atomic E-state index is 14.0. The fourth-order valence-corrected chi connectivity index (χ4v) is 5.48. The summed E-state index contributed by atoms with van der Waals surface area (Å²) in [5.74, 6) is -0.0670. The van der Waals surface area contributed by atoms with E-state index in [4.69, 9.17) is 4.74 Å². The second-order valence-corrected chi connectivity index (χ2v) is 10.3. The predicted octanol–water partition coefficient (Wildman–Crippen LogP) is 3.39. The van der Waals surface area contributed by atoms with Crippen LogP contribution < -0.4 is 0 Å². The highest BCUT2D eigenvalue weighted by atomic mass is 16.5. The van der Waals surface area contributed by atoms with Gasteiger partial charge in [0.25, 0.3) is 0 Å². The first-order valence-electron chi connectivity index (χ1n) is 12.7. The largest absolute Gasteiger partial charge is 0.376 e. The van der Waals surface area contributed by atoms with Crippen LogP contribution >= 0.6 is 0 Å². The second-order valence-electron chi connectivity index (χ2n) is 10.3. The lowest BCUT2D eigenvalue weighted by Gasteiger charge is -2.32. The van der Waals surface area contributed by atoms with Gasteiger partial charge in [0.05, 0.1) is 18.1 Å². The normalized spacial score (nSPS) is 24.3. The van der Waals surface area contributed by atoms with Crippen molar-refractivity contribution >= 4 is 17.7 Å². The molecule has 3 fully saturated rings. The summed E-state index contributed by atoms with van der Waals surface area (Å²) in [6.45, 7) is 4.12. The van der Waals surface area contributed by atoms with Crippen molar-refractivity contribution in [3.8, 4) is 0 Å². The van der Waals surface area contributed by atoms with Gasteiger partial charge in [0, 0.05) is 44.9 Å². The van der Waals surface area contributed by atoms with Crippen molar-refractivity contribution in [2.45, 2.75) is 63.5 Å². The van der Waals surface area contributed by atoms with Gasteiger partial charge in [-0.15, -0.1) is 0 Å². The molecule has 2 aromatic rings. The molecule has 1 aliphatic carbocycles. The summed E-state index contributed by atoms with van der Waals surface area (Å²) in [5, 5.41) is 0. The third kappa shape index (κ3) is 5.01. The van der Waals surface area contributed by atoms with Crippen molar-refractivity contribution in [2.75, 3.05) is 19.7 Å². The number of amides is 3. The van der Waals surface area contributed by atoms with Gasteiger partial charge in [0.1, 0.15) is 0 Å². The van der Waals surface area contributed by atoms with Crippen molar-refractivity contribution in [3.05, 3.63) is 65.5 Å². The number of nitrogens with zero attached hydrogens (tertiary/aromatic N) is 3. The van der Waals surface area contributed by atoms with Crippen LogP contribution in [-0.2, 0) is 31.1 Å². The Bertz CT molecular complexity index is 1090. The molecule has 5 rings (SSSR count). The fourth-order valence-electron chi connectivity index (χ4n) is 5.48. The Kier molecular flexibility index (Phi) is 6.69. The van der Waals surface area contributed by atoms with Gasteiger partial charge in [-0.25, -0.2) is 0 Å². The van der Waals surface area contributed by atoms with Crippen LogP contribution in [0.1, 0.15) is 55.2 Å². The summed E-state index contributed by atoms with van der Waals surface area (Å²) in [7, 11) is 0. The van der Waals surface area contributed by atoms with Crippen molar-refractivity contribution < 1.29 is 19.1 Å². The summed E-state index contributed by atoms with van der Waals surface area (Å²) in [6.07, 6.45) is 7.59. The highest BCUT2D eigenvalue weighted by molar-refractivity contribution is 6.10. The number of rotatable bonds is 9. The topological polar surface area (TPSA) is 79.8 Å². The van der Waals surface area contributed by atoms with Gasteiger partial charge in [-0.05, 0) is 67.3 Å². The SMILES string of the molecule is Cc1ccccc1[C@@]1(CC(=O)N(CC2CC2)C[C@@H]2CCCO2)CC(=O)N(Cc2ccncc2)C1=O. The van der Waals surface area contributed by atoms with E-state index in [-0.39, 0.29) is 43.2 Å². The van der Waals surface area contributed by atoms with Crippen LogP contribution in [0.5, 0.6) is 0 Å². The number of likely N-dealkylation sites (tertiary alicyclic amines) is 1. The molecular weight excluding hydrogens is 442 g/mol. The Morgan fingerprint density at radius 2 is 1.89 bits per heavy atom. The van der Waals surface area contributed by atoms with E-state index in [1.807, 2.05) is 36.1 Å². The average molecular weight is 476 g/mol. The van der Waals surface area contributed by atoms with Crippen LogP contribution in [0, 0.1) is 12.8 Å². The Morgan fingerprint density at radius 1 is 1.11 bits per heavy atom. The van der Waals surface area contributed by atoms with E-state index in [2.05, 4.69) is 4.98 Å². The molecule has 2 atom stereocenters. The summed E-state index contributed by atoms with van der Waals surface area (Å²) in [6, 6.07) is 11.2. The maximum Gasteiger partial charge on any atom is 0.241 e. The van der Waals surface area contributed by atoms with Crippen molar-refractivity contribution in [3.63, 3.8) is 0 Å². The smallest absolute Gasteiger partial charge is 0.241 e. The Morgan fingerprint density at radius 3 is 2.57 bits per heavy atom. The number of carbonyl (C=O) groups excluding carboxylic acids is 3. The second kappa shape index (κ2) is 9.90. The Balaban J connectivity index is 1.45. The fraction of sp³-hybridized carbons (Fsp3) is 0.500. The van der Waals surface area contributed by atoms with Gasteiger partial charge in [0.15, 0.2) is 0 Å². The predicted molar refractivity (Wildman–Crippen MR) is 130 cm³/mol. The number of hydrogen-bond acceptors (Lipinski definition) is 5. The maximum atomic E-state index is 14.0. The molecule has 0 radical (unpaired) electrons. The number of hydrogen-bond donors (Lipinski definition) is 0. The van der Waals surface area contributed by atoms with E-state index in [1.54, 1.807) is 24.5 Å². The third-order valence-corrected chi connectivity index (χ3v) is 7.59. The number of pyridine rings is 1. The molecule has 3 amide bonds. The van der Waals surface area contributed by atoms with Crippen molar-refractivity contribution in [1.29, 1.82) is 0 Å². The highest BCUT2D eigenvalue weighted by Gasteiger charge is 2.54. The number of aromatic nitrogens is 1. The molecule has 1 saturated carbocycles. The number of benzene rings is 1. The van der Waals surface area contributed by atoms with Gasteiger partial charge < -0.3 is 9.64 Å². The monoisotopic (exact) mass is 475 g/mol. The van der Waals surface area contributed by atoms with Gasteiger partial charge in [-0.3, -0.25) is 24.3 Å². The van der Waals surface area contributed by atoms with Crippen molar-refractivity contribution in [1.82, 2.24) is 14.8 Å². The average Bonchev–Trinajstić information content (AvgIpc) is 3.47. The molecule has 0 unspecified atom stereocenters. The molecule has 2 aliphatic heterocycles.